The fourth-order valence-electron chi connectivity index (χ4n) is 3.58. The van der Waals surface area contributed by atoms with E-state index in [4.69, 9.17) is 4.74 Å². The third kappa shape index (κ3) is 3.17. The molecule has 1 aromatic heterocycles. The van der Waals surface area contributed by atoms with Crippen molar-refractivity contribution in [1.29, 1.82) is 5.26 Å². The van der Waals surface area contributed by atoms with Gasteiger partial charge in [-0.2, -0.15) is 5.26 Å². The van der Waals surface area contributed by atoms with E-state index in [0.29, 0.717) is 47.9 Å². The highest BCUT2D eigenvalue weighted by Gasteiger charge is 2.45. The number of ether oxygens (including phenoxy) is 1. The second-order valence-corrected chi connectivity index (χ2v) is 7.88. The zero-order valence-electron chi connectivity index (χ0n) is 14.5. The molecule has 1 atom stereocenters. The second-order valence-electron chi connectivity index (χ2n) is 6.96. The number of hydrogen-bond acceptors (Lipinski definition) is 5. The molecule has 1 aromatic carbocycles. The third-order valence-corrected chi connectivity index (χ3v) is 6.13. The SMILES string of the molecule is N#CC1(C(=O)NC2CC(NC(=O)c3ccc(F)c4ccsc34)C2)CCCO1. The van der Waals surface area contributed by atoms with Crippen LogP contribution in [0, 0.1) is 17.1 Å². The van der Waals surface area contributed by atoms with E-state index < -0.39 is 11.5 Å². The van der Waals surface area contributed by atoms with Gasteiger partial charge in [0.1, 0.15) is 11.9 Å². The summed E-state index contributed by atoms with van der Waals surface area (Å²) in [5.41, 5.74) is -0.913. The number of carbonyl (C=O) groups excluding carboxylic acids is 2. The average Bonchev–Trinajstić information content (AvgIpc) is 3.30. The van der Waals surface area contributed by atoms with Crippen molar-refractivity contribution in [2.75, 3.05) is 6.61 Å². The molecule has 2 heterocycles. The number of benzene rings is 1. The molecule has 27 heavy (non-hydrogen) atoms. The van der Waals surface area contributed by atoms with E-state index in [1.807, 2.05) is 6.07 Å². The maximum absolute atomic E-state index is 13.8. The maximum Gasteiger partial charge on any atom is 0.267 e. The molecule has 140 valence electrons. The van der Waals surface area contributed by atoms with E-state index in [-0.39, 0.29) is 23.8 Å². The van der Waals surface area contributed by atoms with Crippen LogP contribution < -0.4 is 10.6 Å². The van der Waals surface area contributed by atoms with E-state index >= 15 is 0 Å². The van der Waals surface area contributed by atoms with Crippen molar-refractivity contribution in [1.82, 2.24) is 10.6 Å². The van der Waals surface area contributed by atoms with E-state index in [9.17, 15) is 19.2 Å². The molecular weight excluding hydrogens is 369 g/mol. The summed E-state index contributed by atoms with van der Waals surface area (Å²) >= 11 is 1.33. The van der Waals surface area contributed by atoms with Crippen molar-refractivity contribution in [2.45, 2.75) is 43.4 Å². The van der Waals surface area contributed by atoms with Gasteiger partial charge < -0.3 is 15.4 Å². The van der Waals surface area contributed by atoms with Crippen LogP contribution in [-0.2, 0) is 9.53 Å². The third-order valence-electron chi connectivity index (χ3n) is 5.19. The van der Waals surface area contributed by atoms with E-state index in [1.165, 1.54) is 23.5 Å². The van der Waals surface area contributed by atoms with Gasteiger partial charge in [0.25, 0.3) is 11.8 Å². The summed E-state index contributed by atoms with van der Waals surface area (Å²) in [6.07, 6.45) is 2.28. The Kier molecular flexibility index (Phi) is 4.58. The maximum atomic E-state index is 13.8. The van der Waals surface area contributed by atoms with Gasteiger partial charge in [0.15, 0.2) is 0 Å². The highest BCUT2D eigenvalue weighted by atomic mass is 32.1. The Bertz CT molecular complexity index is 939. The molecule has 2 amide bonds. The lowest BCUT2D eigenvalue weighted by Gasteiger charge is -2.37. The van der Waals surface area contributed by atoms with Crippen LogP contribution in [0.3, 0.4) is 0 Å². The number of fused-ring (bicyclic) bond motifs is 1. The Balaban J connectivity index is 1.33. The van der Waals surface area contributed by atoms with Crippen LogP contribution in [0.5, 0.6) is 0 Å². The second kappa shape index (κ2) is 6.91. The molecule has 1 aliphatic carbocycles. The van der Waals surface area contributed by atoms with Crippen LogP contribution in [0.1, 0.15) is 36.0 Å². The molecule has 6 nitrogen and oxygen atoms in total. The number of rotatable bonds is 4. The number of nitrogens with one attached hydrogen (secondary N) is 2. The Labute approximate surface area is 159 Å². The summed E-state index contributed by atoms with van der Waals surface area (Å²) in [6, 6.07) is 6.29. The number of hydrogen-bond donors (Lipinski definition) is 2. The number of carbonyl (C=O) groups is 2. The van der Waals surface area contributed by atoms with Gasteiger partial charge in [0, 0.05) is 35.2 Å². The highest BCUT2D eigenvalue weighted by Crippen LogP contribution is 2.29. The van der Waals surface area contributed by atoms with Crippen LogP contribution >= 0.6 is 11.3 Å². The zero-order chi connectivity index (χ0) is 19.0. The number of nitriles is 1. The zero-order valence-corrected chi connectivity index (χ0v) is 15.3. The number of amides is 2. The van der Waals surface area contributed by atoms with Crippen LogP contribution in [0.4, 0.5) is 4.39 Å². The summed E-state index contributed by atoms with van der Waals surface area (Å²) in [5, 5.41) is 17.2. The molecule has 1 unspecified atom stereocenters. The van der Waals surface area contributed by atoms with Crippen molar-refractivity contribution in [3.05, 3.63) is 35.0 Å². The number of thiophene rings is 1. The minimum absolute atomic E-state index is 0.0644. The molecule has 8 heteroatoms. The van der Waals surface area contributed by atoms with E-state index in [1.54, 1.807) is 11.4 Å². The summed E-state index contributed by atoms with van der Waals surface area (Å²) < 4.78 is 19.7. The first kappa shape index (κ1) is 17.9. The predicted octanol–water partition coefficient (Wildman–Crippen LogP) is 2.49. The van der Waals surface area contributed by atoms with Gasteiger partial charge >= 0.3 is 0 Å². The smallest absolute Gasteiger partial charge is 0.267 e. The largest absolute Gasteiger partial charge is 0.352 e. The van der Waals surface area contributed by atoms with Gasteiger partial charge in [0.2, 0.25) is 5.60 Å². The Morgan fingerprint density at radius 2 is 2.04 bits per heavy atom. The first-order valence-corrected chi connectivity index (χ1v) is 9.73. The minimum atomic E-state index is -1.37. The molecule has 0 spiro atoms. The molecule has 2 aliphatic rings. The first-order chi connectivity index (χ1) is 13.0. The van der Waals surface area contributed by atoms with Crippen molar-refractivity contribution < 1.29 is 18.7 Å². The monoisotopic (exact) mass is 387 g/mol. The van der Waals surface area contributed by atoms with Crippen LogP contribution in [0.2, 0.25) is 0 Å². The predicted molar refractivity (Wildman–Crippen MR) is 97.7 cm³/mol. The fourth-order valence-corrected chi connectivity index (χ4v) is 4.50. The number of nitrogens with zero attached hydrogens (tertiary/aromatic N) is 1. The molecule has 1 saturated heterocycles. The van der Waals surface area contributed by atoms with Crippen LogP contribution in [0.15, 0.2) is 23.6 Å². The van der Waals surface area contributed by atoms with Crippen molar-refractivity contribution >= 4 is 33.2 Å². The van der Waals surface area contributed by atoms with E-state index in [2.05, 4.69) is 10.6 Å². The molecule has 1 aliphatic heterocycles. The normalized spacial score (nSPS) is 27.0. The lowest BCUT2D eigenvalue weighted by molar-refractivity contribution is -0.137. The average molecular weight is 387 g/mol. The van der Waals surface area contributed by atoms with Gasteiger partial charge in [-0.25, -0.2) is 4.39 Å². The minimum Gasteiger partial charge on any atom is -0.352 e. The van der Waals surface area contributed by atoms with Gasteiger partial charge in [-0.05, 0) is 42.8 Å². The van der Waals surface area contributed by atoms with Crippen LogP contribution in [-0.4, -0.2) is 36.1 Å². The molecule has 4 rings (SSSR count). The van der Waals surface area contributed by atoms with Crippen molar-refractivity contribution in [2.24, 2.45) is 0 Å². The number of halogens is 1. The summed E-state index contributed by atoms with van der Waals surface area (Å²) in [4.78, 5) is 24.8. The lowest BCUT2D eigenvalue weighted by Crippen LogP contribution is -2.57. The fraction of sp³-hybridized carbons (Fsp3) is 0.421. The molecule has 1 saturated carbocycles. The quantitative estimate of drug-likeness (QED) is 0.843. The Hall–Kier alpha value is -2.50. The van der Waals surface area contributed by atoms with Crippen LogP contribution in [0.25, 0.3) is 10.1 Å². The molecule has 2 fully saturated rings. The summed E-state index contributed by atoms with van der Waals surface area (Å²) in [5.74, 6) is -0.976. The van der Waals surface area contributed by atoms with Gasteiger partial charge in [-0.1, -0.05) is 0 Å². The topological polar surface area (TPSA) is 91.2 Å². The molecule has 2 N–H and O–H groups in total. The van der Waals surface area contributed by atoms with Gasteiger partial charge in [-0.15, -0.1) is 11.3 Å². The Morgan fingerprint density at radius 3 is 2.74 bits per heavy atom. The van der Waals surface area contributed by atoms with E-state index in [0.717, 1.165) is 0 Å². The van der Waals surface area contributed by atoms with Crippen molar-refractivity contribution in [3.8, 4) is 6.07 Å². The molecule has 2 aromatic rings. The molecule has 0 bridgehead atoms. The molecular formula is C19H18FN3O3S. The summed E-state index contributed by atoms with van der Waals surface area (Å²) in [6.45, 7) is 0.416. The lowest BCUT2D eigenvalue weighted by atomic mass is 9.85. The highest BCUT2D eigenvalue weighted by molar-refractivity contribution is 7.17. The van der Waals surface area contributed by atoms with Crippen molar-refractivity contribution in [3.63, 3.8) is 0 Å². The van der Waals surface area contributed by atoms with Gasteiger partial charge in [0.05, 0.1) is 5.56 Å². The molecule has 0 radical (unpaired) electrons. The first-order valence-electron chi connectivity index (χ1n) is 8.85. The van der Waals surface area contributed by atoms with Gasteiger partial charge in [-0.3, -0.25) is 9.59 Å². The summed E-state index contributed by atoms with van der Waals surface area (Å²) in [7, 11) is 0. The Morgan fingerprint density at radius 1 is 1.26 bits per heavy atom. The standard InChI is InChI=1S/C19H18FN3O3S/c20-15-3-2-14(16-13(15)4-7-27-16)17(24)22-11-8-12(9-11)23-18(25)19(10-21)5-1-6-26-19/h2-4,7,11-12H,1,5-6,8-9H2,(H,22,24)(H,23,25).